The quantitative estimate of drug-likeness (QED) is 0.336. The molecule has 5 atom stereocenters. The highest BCUT2D eigenvalue weighted by Gasteiger charge is 2.40. The van der Waals surface area contributed by atoms with E-state index in [-0.39, 0.29) is 30.7 Å². The molecule has 0 spiro atoms. The number of fused-ring (bicyclic) bond motifs is 2. The molecule has 0 unspecified atom stereocenters. The van der Waals surface area contributed by atoms with Gasteiger partial charge in [0, 0.05) is 25.6 Å². The first kappa shape index (κ1) is 28.2. The largest absolute Gasteiger partial charge is 0.497 e. The molecule has 5 rings (SSSR count). The van der Waals surface area contributed by atoms with Gasteiger partial charge in [0.05, 0.1) is 49.3 Å². The number of rotatable bonds is 6. The van der Waals surface area contributed by atoms with Gasteiger partial charge in [-0.05, 0) is 43.2 Å². The Hall–Kier alpha value is -4.29. The van der Waals surface area contributed by atoms with Crippen LogP contribution < -0.4 is 20.7 Å². The van der Waals surface area contributed by atoms with Crippen LogP contribution in [0.2, 0.25) is 0 Å². The Kier molecular flexibility index (Phi) is 8.60. The second kappa shape index (κ2) is 12.5. The lowest BCUT2D eigenvalue weighted by molar-refractivity contribution is -0.132. The second-order valence-electron chi connectivity index (χ2n) is 10.6. The molecule has 3 heterocycles. The highest BCUT2D eigenvalue weighted by molar-refractivity contribution is 5.90. The van der Waals surface area contributed by atoms with Crippen molar-refractivity contribution in [1.29, 1.82) is 0 Å². The molecule has 2 aliphatic heterocycles. The van der Waals surface area contributed by atoms with Crippen molar-refractivity contribution in [3.05, 3.63) is 72.1 Å². The predicted octanol–water partition coefficient (Wildman–Crippen LogP) is 0.332. The molecule has 2 aromatic carbocycles. The summed E-state index contributed by atoms with van der Waals surface area (Å²) in [5.41, 5.74) is 2.28. The highest BCUT2D eigenvalue weighted by atomic mass is 16.5. The van der Waals surface area contributed by atoms with Gasteiger partial charge < -0.3 is 25.8 Å². The Morgan fingerprint density at radius 3 is 2.61 bits per heavy atom. The van der Waals surface area contributed by atoms with E-state index in [1.165, 1.54) is 0 Å². The van der Waals surface area contributed by atoms with E-state index in [1.54, 1.807) is 24.9 Å². The van der Waals surface area contributed by atoms with Crippen molar-refractivity contribution in [2.24, 2.45) is 0 Å². The van der Waals surface area contributed by atoms with Crippen LogP contribution in [0.3, 0.4) is 0 Å². The third-order valence-corrected chi connectivity index (χ3v) is 7.54. The molecule has 3 aromatic rings. The maximum Gasteiger partial charge on any atom is 0.243 e. The van der Waals surface area contributed by atoms with Crippen LogP contribution in [-0.2, 0) is 27.3 Å². The number of amides is 3. The summed E-state index contributed by atoms with van der Waals surface area (Å²) in [5, 5.41) is 27.7. The predicted molar refractivity (Wildman–Crippen MR) is 149 cm³/mol. The molecule has 2 aliphatic rings. The molecule has 2 fully saturated rings. The number of methoxy groups -OCH3 is 1. The number of carbonyl (C=O) groups is 3. The number of para-hydroxylation sites is 1. The number of nitrogens with zero attached hydrogens (tertiary/aromatic N) is 4. The van der Waals surface area contributed by atoms with Gasteiger partial charge in [-0.3, -0.25) is 19.3 Å². The number of benzene rings is 2. The lowest BCUT2D eigenvalue weighted by Gasteiger charge is -2.27. The van der Waals surface area contributed by atoms with Crippen LogP contribution in [0.5, 0.6) is 5.75 Å². The Morgan fingerprint density at radius 1 is 1.02 bits per heavy atom. The summed E-state index contributed by atoms with van der Waals surface area (Å²) in [6.45, 7) is 2.51. The average molecular weight is 562 g/mol. The standard InChI is InChI=1S/C29H35N7O5/c1-18-26(37)14-27(38)31-20-13-25(35(16-20)15-19-7-6-10-23(11-19)41-2)29(40)32-24(28(39)30-18)12-21-17-36(34-33-21)22-8-4-3-5-9-22/h3-11,17-18,20,24-26,37H,12-16H2,1-2H3,(H,30,39)(H,31,38)(H,32,40)/t18-,20+,24+,25-,26-/m0/s1. The lowest BCUT2D eigenvalue weighted by Crippen LogP contribution is -2.55. The zero-order valence-electron chi connectivity index (χ0n) is 23.1. The van der Waals surface area contributed by atoms with Crippen molar-refractivity contribution >= 4 is 17.7 Å². The van der Waals surface area contributed by atoms with Crippen LogP contribution in [-0.4, -0.2) is 86.6 Å². The van der Waals surface area contributed by atoms with E-state index in [4.69, 9.17) is 4.74 Å². The molecule has 0 saturated carbocycles. The van der Waals surface area contributed by atoms with E-state index < -0.39 is 30.1 Å². The van der Waals surface area contributed by atoms with Crippen molar-refractivity contribution in [2.75, 3.05) is 13.7 Å². The Balaban J connectivity index is 1.40. The molecule has 0 aliphatic carbocycles. The fraction of sp³-hybridized carbons (Fsp3) is 0.414. The minimum Gasteiger partial charge on any atom is -0.497 e. The normalized spacial score (nSPS) is 25.7. The average Bonchev–Trinajstić information content (AvgIpc) is 3.59. The second-order valence-corrected chi connectivity index (χ2v) is 10.6. The number of carbonyl (C=O) groups excluding carboxylic acids is 3. The third kappa shape index (κ3) is 6.90. The first-order valence-corrected chi connectivity index (χ1v) is 13.7. The SMILES string of the molecule is COc1cccc(CN2C[C@H]3C[C@H]2C(=O)N[C@H](Cc2cn(-c4ccccc4)nn2)C(=O)N[C@@H](C)[C@@H](O)CC(=O)N3)c1. The fourth-order valence-electron chi connectivity index (χ4n) is 5.32. The van der Waals surface area contributed by atoms with Crippen LogP contribution in [0.25, 0.3) is 5.69 Å². The minimum atomic E-state index is -1.10. The summed E-state index contributed by atoms with van der Waals surface area (Å²) in [5.74, 6) is -0.433. The van der Waals surface area contributed by atoms with Crippen molar-refractivity contribution in [3.63, 3.8) is 0 Å². The van der Waals surface area contributed by atoms with Crippen molar-refractivity contribution in [3.8, 4) is 11.4 Å². The van der Waals surface area contributed by atoms with Gasteiger partial charge in [0.2, 0.25) is 17.7 Å². The van der Waals surface area contributed by atoms with Crippen LogP contribution >= 0.6 is 0 Å². The number of aliphatic hydroxyl groups excluding tert-OH is 1. The zero-order valence-corrected chi connectivity index (χ0v) is 23.1. The van der Waals surface area contributed by atoms with Crippen molar-refractivity contribution < 1.29 is 24.2 Å². The Morgan fingerprint density at radius 2 is 1.83 bits per heavy atom. The van der Waals surface area contributed by atoms with Gasteiger partial charge in [-0.2, -0.15) is 0 Å². The molecule has 2 bridgehead atoms. The molecule has 2 saturated heterocycles. The van der Waals surface area contributed by atoms with Gasteiger partial charge in [0.15, 0.2) is 0 Å². The van der Waals surface area contributed by atoms with E-state index >= 15 is 0 Å². The van der Waals surface area contributed by atoms with Gasteiger partial charge >= 0.3 is 0 Å². The van der Waals surface area contributed by atoms with Gasteiger partial charge in [0.25, 0.3) is 0 Å². The zero-order chi connectivity index (χ0) is 28.9. The molecule has 12 nitrogen and oxygen atoms in total. The number of aliphatic hydroxyl groups is 1. The van der Waals surface area contributed by atoms with E-state index in [9.17, 15) is 19.5 Å². The number of hydrogen-bond acceptors (Lipinski definition) is 8. The summed E-state index contributed by atoms with van der Waals surface area (Å²) >= 11 is 0. The van der Waals surface area contributed by atoms with Gasteiger partial charge in [-0.15, -0.1) is 5.10 Å². The maximum absolute atomic E-state index is 13.7. The van der Waals surface area contributed by atoms with E-state index in [0.29, 0.717) is 31.0 Å². The number of ether oxygens (including phenoxy) is 1. The summed E-state index contributed by atoms with van der Waals surface area (Å²) in [6, 6.07) is 14.5. The van der Waals surface area contributed by atoms with Crippen LogP contribution in [0, 0.1) is 0 Å². The summed E-state index contributed by atoms with van der Waals surface area (Å²) in [6.07, 6.45) is 0.912. The summed E-state index contributed by atoms with van der Waals surface area (Å²) in [4.78, 5) is 41.9. The van der Waals surface area contributed by atoms with E-state index in [0.717, 1.165) is 11.3 Å². The Labute approximate surface area is 238 Å². The molecule has 216 valence electrons. The van der Waals surface area contributed by atoms with Crippen LogP contribution in [0.15, 0.2) is 60.8 Å². The molecule has 12 heteroatoms. The maximum atomic E-state index is 13.7. The summed E-state index contributed by atoms with van der Waals surface area (Å²) in [7, 11) is 1.60. The number of aromatic nitrogens is 3. The molecule has 0 radical (unpaired) electrons. The number of likely N-dealkylation sites (tertiary alicyclic amines) is 1. The van der Waals surface area contributed by atoms with Gasteiger partial charge in [-0.1, -0.05) is 35.5 Å². The van der Waals surface area contributed by atoms with E-state index in [1.807, 2.05) is 59.5 Å². The van der Waals surface area contributed by atoms with Gasteiger partial charge in [-0.25, -0.2) is 4.68 Å². The Bertz CT molecular complexity index is 1380. The first-order chi connectivity index (χ1) is 19.8. The minimum absolute atomic E-state index is 0.0937. The topological polar surface area (TPSA) is 151 Å². The van der Waals surface area contributed by atoms with Crippen LogP contribution in [0.4, 0.5) is 0 Å². The molecular weight excluding hydrogens is 526 g/mol. The van der Waals surface area contributed by atoms with E-state index in [2.05, 4.69) is 26.3 Å². The first-order valence-electron chi connectivity index (χ1n) is 13.7. The molecule has 4 N–H and O–H groups in total. The number of hydrogen-bond donors (Lipinski definition) is 4. The van der Waals surface area contributed by atoms with Crippen LogP contribution in [0.1, 0.15) is 31.0 Å². The smallest absolute Gasteiger partial charge is 0.243 e. The number of nitrogens with one attached hydrogen (secondary N) is 3. The molecular formula is C29H35N7O5. The van der Waals surface area contributed by atoms with Gasteiger partial charge in [0.1, 0.15) is 11.8 Å². The molecule has 3 amide bonds. The summed E-state index contributed by atoms with van der Waals surface area (Å²) < 4.78 is 6.96. The highest BCUT2D eigenvalue weighted by Crippen LogP contribution is 2.24. The fourth-order valence-corrected chi connectivity index (χ4v) is 5.32. The monoisotopic (exact) mass is 561 g/mol. The molecule has 41 heavy (non-hydrogen) atoms. The van der Waals surface area contributed by atoms with Crippen molar-refractivity contribution in [1.82, 2.24) is 35.8 Å². The lowest BCUT2D eigenvalue weighted by atomic mass is 10.1. The van der Waals surface area contributed by atoms with Crippen molar-refractivity contribution in [2.45, 2.75) is 63.0 Å². The molecule has 1 aromatic heterocycles. The third-order valence-electron chi connectivity index (χ3n) is 7.54.